The quantitative estimate of drug-likeness (QED) is 0.713. The van der Waals surface area contributed by atoms with Gasteiger partial charge >= 0.3 is 5.97 Å². The monoisotopic (exact) mass is 213 g/mol. The van der Waals surface area contributed by atoms with Crippen LogP contribution in [0.4, 0.5) is 0 Å². The summed E-state index contributed by atoms with van der Waals surface area (Å²) < 4.78 is 0. The molecule has 0 aliphatic carbocycles. The largest absolute Gasteiger partial charge is 0.480 e. The third kappa shape index (κ3) is 2.61. The molecule has 2 unspecified atom stereocenters. The van der Waals surface area contributed by atoms with E-state index in [-0.39, 0.29) is 5.92 Å². The number of aliphatic carboxylic acids is 1. The minimum absolute atomic E-state index is 0.0781. The van der Waals surface area contributed by atoms with Gasteiger partial charge in [-0.2, -0.15) is 0 Å². The summed E-state index contributed by atoms with van der Waals surface area (Å²) in [5, 5.41) is 9.19. The number of carboxylic acids is 1. The van der Waals surface area contributed by atoms with Gasteiger partial charge in [0.15, 0.2) is 5.96 Å². The van der Waals surface area contributed by atoms with Gasteiger partial charge in [-0.15, -0.1) is 0 Å². The van der Waals surface area contributed by atoms with Gasteiger partial charge in [0.1, 0.15) is 6.04 Å². The number of nitrogens with two attached hydrogens (primary N) is 1. The Morgan fingerprint density at radius 3 is 2.87 bits per heavy atom. The molecule has 3 N–H and O–H groups in total. The number of aliphatic imine (C=N–C) groups is 1. The van der Waals surface area contributed by atoms with Crippen LogP contribution in [0.3, 0.4) is 0 Å². The van der Waals surface area contributed by atoms with Crippen LogP contribution < -0.4 is 5.73 Å². The highest BCUT2D eigenvalue weighted by atomic mass is 16.4. The molecule has 0 saturated heterocycles. The summed E-state index contributed by atoms with van der Waals surface area (Å²) in [7, 11) is 0. The molecule has 15 heavy (non-hydrogen) atoms. The summed E-state index contributed by atoms with van der Waals surface area (Å²) in [6.45, 7) is 5.31. The second-order valence-corrected chi connectivity index (χ2v) is 3.96. The smallest absolute Gasteiger partial charge is 0.326 e. The first-order valence-corrected chi connectivity index (χ1v) is 5.37. The highest BCUT2D eigenvalue weighted by molar-refractivity contribution is 5.85. The predicted molar refractivity (Wildman–Crippen MR) is 58.7 cm³/mol. The van der Waals surface area contributed by atoms with E-state index in [9.17, 15) is 9.90 Å². The van der Waals surface area contributed by atoms with Gasteiger partial charge in [0.25, 0.3) is 0 Å². The van der Waals surface area contributed by atoms with Gasteiger partial charge in [0.05, 0.1) is 0 Å². The molecule has 1 aliphatic rings. The third-order valence-corrected chi connectivity index (χ3v) is 2.90. The molecule has 1 heterocycles. The molecule has 1 aliphatic heterocycles. The molecule has 5 heteroatoms. The zero-order valence-corrected chi connectivity index (χ0v) is 9.31. The van der Waals surface area contributed by atoms with Crippen molar-refractivity contribution in [3.05, 3.63) is 0 Å². The molecule has 0 aromatic heterocycles. The Balaban J connectivity index is 2.83. The van der Waals surface area contributed by atoms with Crippen molar-refractivity contribution in [2.75, 3.05) is 13.1 Å². The maximum Gasteiger partial charge on any atom is 0.326 e. The first-order chi connectivity index (χ1) is 7.07. The van der Waals surface area contributed by atoms with E-state index in [0.717, 1.165) is 12.8 Å². The van der Waals surface area contributed by atoms with Crippen LogP contribution in [0, 0.1) is 5.92 Å². The number of hydrogen-bond donors (Lipinski definition) is 2. The fraction of sp³-hybridized carbons (Fsp3) is 0.800. The Morgan fingerprint density at radius 2 is 2.40 bits per heavy atom. The van der Waals surface area contributed by atoms with Gasteiger partial charge in [0, 0.05) is 13.1 Å². The van der Waals surface area contributed by atoms with Crippen LogP contribution in [-0.4, -0.2) is 41.1 Å². The molecule has 0 bridgehead atoms. The molecular formula is C10H19N3O2. The van der Waals surface area contributed by atoms with Crippen LogP contribution in [0.15, 0.2) is 4.99 Å². The predicted octanol–water partition coefficient (Wildman–Crippen LogP) is 0.506. The highest BCUT2D eigenvalue weighted by Gasteiger charge is 2.32. The Bertz CT molecular complexity index is 265. The Kier molecular flexibility index (Phi) is 3.94. The molecule has 0 fully saturated rings. The van der Waals surface area contributed by atoms with E-state index in [1.54, 1.807) is 4.90 Å². The summed E-state index contributed by atoms with van der Waals surface area (Å²) >= 11 is 0. The zero-order chi connectivity index (χ0) is 11.4. The second-order valence-electron chi connectivity index (χ2n) is 3.96. The summed E-state index contributed by atoms with van der Waals surface area (Å²) in [5.41, 5.74) is 5.72. The SMILES string of the molecule is CCC(C)C(C(=O)O)N1CCCN=C1N. The van der Waals surface area contributed by atoms with Crippen molar-refractivity contribution in [2.45, 2.75) is 32.7 Å². The standard InChI is InChI=1S/C10H19N3O2/c1-3-7(2)8(9(14)15)13-6-4-5-12-10(13)11/h7-8H,3-6H2,1-2H3,(H2,11,12)(H,14,15). The number of rotatable bonds is 4. The van der Waals surface area contributed by atoms with E-state index in [0.29, 0.717) is 19.0 Å². The average molecular weight is 213 g/mol. The van der Waals surface area contributed by atoms with Gasteiger partial charge in [-0.25, -0.2) is 4.79 Å². The Hall–Kier alpha value is -1.26. The van der Waals surface area contributed by atoms with Crippen LogP contribution in [0.2, 0.25) is 0 Å². The lowest BCUT2D eigenvalue weighted by atomic mass is 9.97. The molecule has 2 atom stereocenters. The van der Waals surface area contributed by atoms with Crippen molar-refractivity contribution in [1.29, 1.82) is 0 Å². The van der Waals surface area contributed by atoms with Crippen molar-refractivity contribution in [3.63, 3.8) is 0 Å². The second kappa shape index (κ2) is 5.00. The molecule has 1 rings (SSSR count). The summed E-state index contributed by atoms with van der Waals surface area (Å²) in [6.07, 6.45) is 1.70. The van der Waals surface area contributed by atoms with Crippen molar-refractivity contribution in [3.8, 4) is 0 Å². The minimum atomic E-state index is -0.815. The Labute approximate surface area is 90.0 Å². The van der Waals surface area contributed by atoms with Crippen molar-refractivity contribution < 1.29 is 9.90 Å². The zero-order valence-electron chi connectivity index (χ0n) is 9.31. The van der Waals surface area contributed by atoms with Gasteiger partial charge in [0.2, 0.25) is 0 Å². The van der Waals surface area contributed by atoms with Crippen LogP contribution in [0.25, 0.3) is 0 Å². The summed E-state index contributed by atoms with van der Waals surface area (Å²) in [4.78, 5) is 17.0. The van der Waals surface area contributed by atoms with Gasteiger partial charge in [-0.05, 0) is 12.3 Å². The molecule has 86 valence electrons. The summed E-state index contributed by atoms with van der Waals surface area (Å²) in [6, 6.07) is -0.543. The third-order valence-electron chi connectivity index (χ3n) is 2.90. The molecule has 0 aromatic carbocycles. The lowest BCUT2D eigenvalue weighted by molar-refractivity contribution is -0.143. The fourth-order valence-electron chi connectivity index (χ4n) is 1.83. The number of guanidine groups is 1. The first-order valence-electron chi connectivity index (χ1n) is 5.37. The lowest BCUT2D eigenvalue weighted by Crippen LogP contribution is -2.53. The molecule has 0 saturated carbocycles. The number of nitrogens with zero attached hydrogens (tertiary/aromatic N) is 2. The highest BCUT2D eigenvalue weighted by Crippen LogP contribution is 2.17. The number of hydrogen-bond acceptors (Lipinski definition) is 4. The van der Waals surface area contributed by atoms with E-state index in [1.165, 1.54) is 0 Å². The Morgan fingerprint density at radius 1 is 1.73 bits per heavy atom. The normalized spacial score (nSPS) is 20.7. The summed E-state index contributed by atoms with van der Waals surface area (Å²) in [5.74, 6) is -0.368. The van der Waals surface area contributed by atoms with E-state index >= 15 is 0 Å². The maximum absolute atomic E-state index is 11.2. The van der Waals surface area contributed by atoms with E-state index in [4.69, 9.17) is 5.73 Å². The van der Waals surface area contributed by atoms with E-state index in [1.807, 2.05) is 13.8 Å². The van der Waals surface area contributed by atoms with Crippen LogP contribution in [0.1, 0.15) is 26.7 Å². The molecular weight excluding hydrogens is 194 g/mol. The van der Waals surface area contributed by atoms with Crippen molar-refractivity contribution in [2.24, 2.45) is 16.6 Å². The number of carbonyl (C=O) groups is 1. The first kappa shape index (κ1) is 11.8. The van der Waals surface area contributed by atoms with Gasteiger partial charge in [-0.1, -0.05) is 20.3 Å². The van der Waals surface area contributed by atoms with Gasteiger partial charge in [-0.3, -0.25) is 4.99 Å². The van der Waals surface area contributed by atoms with Crippen molar-refractivity contribution >= 4 is 11.9 Å². The van der Waals surface area contributed by atoms with Crippen LogP contribution >= 0.6 is 0 Å². The molecule has 0 spiro atoms. The molecule has 0 aromatic rings. The lowest BCUT2D eigenvalue weighted by Gasteiger charge is -2.35. The van der Waals surface area contributed by atoms with Crippen LogP contribution in [-0.2, 0) is 4.79 Å². The van der Waals surface area contributed by atoms with Gasteiger partial charge < -0.3 is 15.7 Å². The number of carboxylic acid groups (broad SMARTS) is 1. The molecule has 0 radical (unpaired) electrons. The van der Waals surface area contributed by atoms with Crippen molar-refractivity contribution in [1.82, 2.24) is 4.90 Å². The van der Waals surface area contributed by atoms with E-state index < -0.39 is 12.0 Å². The maximum atomic E-state index is 11.2. The average Bonchev–Trinajstić information content (AvgIpc) is 2.20. The molecule has 5 nitrogen and oxygen atoms in total. The minimum Gasteiger partial charge on any atom is -0.480 e. The van der Waals surface area contributed by atoms with Crippen LogP contribution in [0.5, 0.6) is 0 Å². The van der Waals surface area contributed by atoms with E-state index in [2.05, 4.69) is 4.99 Å². The molecule has 0 amide bonds. The topological polar surface area (TPSA) is 78.9 Å². The fourth-order valence-corrected chi connectivity index (χ4v) is 1.83.